The average Bonchev–Trinajstić information content (AvgIpc) is 2.95. The second-order valence-electron chi connectivity index (χ2n) is 5.01. The minimum atomic E-state index is 0.763. The van der Waals surface area contributed by atoms with E-state index in [9.17, 15) is 0 Å². The highest BCUT2D eigenvalue weighted by molar-refractivity contribution is 5.77. The summed E-state index contributed by atoms with van der Waals surface area (Å²) in [4.78, 5) is 12.9. The van der Waals surface area contributed by atoms with Crippen LogP contribution in [0, 0.1) is 0 Å². The van der Waals surface area contributed by atoms with Gasteiger partial charge in [-0.1, -0.05) is 30.4 Å². The number of aromatic nitrogens is 3. The summed E-state index contributed by atoms with van der Waals surface area (Å²) in [5.41, 5.74) is 5.81. The Kier molecular flexibility index (Phi) is 2.56. The van der Waals surface area contributed by atoms with Crippen LogP contribution in [0.2, 0.25) is 0 Å². The Labute approximate surface area is 117 Å². The van der Waals surface area contributed by atoms with Gasteiger partial charge < -0.3 is 0 Å². The third-order valence-corrected chi connectivity index (χ3v) is 3.71. The molecule has 1 aliphatic carbocycles. The third kappa shape index (κ3) is 1.88. The van der Waals surface area contributed by atoms with Gasteiger partial charge in [0, 0.05) is 18.0 Å². The first-order valence-corrected chi connectivity index (χ1v) is 6.73. The summed E-state index contributed by atoms with van der Waals surface area (Å²) in [7, 11) is 0. The third-order valence-electron chi connectivity index (χ3n) is 3.71. The standard InChI is InChI=1S/C17H13N3/c1-3-13-7-6-12(9-14(13)4-1)10-16-15-5-2-8-18-17(15)20-11-19-16/h1-2,4-9,11H,3,10H2. The molecule has 1 aromatic carbocycles. The maximum Gasteiger partial charge on any atom is 0.162 e. The van der Waals surface area contributed by atoms with Crippen molar-refractivity contribution in [3.63, 3.8) is 0 Å². The van der Waals surface area contributed by atoms with Crippen LogP contribution in [0.3, 0.4) is 0 Å². The fourth-order valence-electron chi connectivity index (χ4n) is 2.69. The molecule has 3 aromatic rings. The van der Waals surface area contributed by atoms with Gasteiger partial charge in [0.25, 0.3) is 0 Å². The summed E-state index contributed by atoms with van der Waals surface area (Å²) in [6.45, 7) is 0. The van der Waals surface area contributed by atoms with Crippen LogP contribution in [-0.4, -0.2) is 15.0 Å². The lowest BCUT2D eigenvalue weighted by Gasteiger charge is -2.06. The van der Waals surface area contributed by atoms with Gasteiger partial charge in [0.2, 0.25) is 0 Å². The molecule has 20 heavy (non-hydrogen) atoms. The van der Waals surface area contributed by atoms with E-state index in [1.54, 1.807) is 12.5 Å². The van der Waals surface area contributed by atoms with Crippen molar-refractivity contribution >= 4 is 17.1 Å². The van der Waals surface area contributed by atoms with E-state index in [1.807, 2.05) is 12.1 Å². The molecule has 0 fully saturated rings. The Hall–Kier alpha value is -2.55. The van der Waals surface area contributed by atoms with Gasteiger partial charge in [-0.3, -0.25) is 0 Å². The molecule has 0 unspecified atom stereocenters. The van der Waals surface area contributed by atoms with Gasteiger partial charge >= 0.3 is 0 Å². The van der Waals surface area contributed by atoms with Gasteiger partial charge in [-0.15, -0.1) is 0 Å². The number of hydrogen-bond donors (Lipinski definition) is 0. The molecule has 0 N–H and O–H groups in total. The molecule has 1 aliphatic rings. The van der Waals surface area contributed by atoms with Gasteiger partial charge in [-0.2, -0.15) is 0 Å². The second-order valence-corrected chi connectivity index (χ2v) is 5.01. The van der Waals surface area contributed by atoms with Crippen LogP contribution in [-0.2, 0) is 12.8 Å². The molecule has 0 radical (unpaired) electrons. The molecule has 96 valence electrons. The summed E-state index contributed by atoms with van der Waals surface area (Å²) in [6, 6.07) is 10.6. The SMILES string of the molecule is C1=Cc2cc(Cc3ncnc4ncccc34)ccc2C1. The molecule has 4 rings (SSSR count). The summed E-state index contributed by atoms with van der Waals surface area (Å²) in [5, 5.41) is 1.03. The average molecular weight is 259 g/mol. The molecule has 3 nitrogen and oxygen atoms in total. The summed E-state index contributed by atoms with van der Waals surface area (Å²) < 4.78 is 0. The number of allylic oxidation sites excluding steroid dienone is 1. The quantitative estimate of drug-likeness (QED) is 0.709. The van der Waals surface area contributed by atoms with Gasteiger partial charge in [-0.25, -0.2) is 15.0 Å². The number of benzene rings is 1. The molecular weight excluding hydrogens is 246 g/mol. The highest BCUT2D eigenvalue weighted by atomic mass is 14.9. The maximum absolute atomic E-state index is 4.43. The number of rotatable bonds is 2. The van der Waals surface area contributed by atoms with Crippen LogP contribution >= 0.6 is 0 Å². The minimum absolute atomic E-state index is 0.763. The van der Waals surface area contributed by atoms with E-state index < -0.39 is 0 Å². The highest BCUT2D eigenvalue weighted by Crippen LogP contribution is 2.23. The van der Waals surface area contributed by atoms with Crippen LogP contribution in [0.15, 0.2) is 48.9 Å². The van der Waals surface area contributed by atoms with E-state index >= 15 is 0 Å². The number of pyridine rings is 1. The van der Waals surface area contributed by atoms with Crippen molar-refractivity contribution in [1.82, 2.24) is 15.0 Å². The summed E-state index contributed by atoms with van der Waals surface area (Å²) >= 11 is 0. The molecule has 0 aliphatic heterocycles. The van der Waals surface area contributed by atoms with Crippen molar-refractivity contribution in [3.8, 4) is 0 Å². The maximum atomic E-state index is 4.43. The van der Waals surface area contributed by atoms with Crippen molar-refractivity contribution < 1.29 is 0 Å². The van der Waals surface area contributed by atoms with E-state index in [-0.39, 0.29) is 0 Å². The van der Waals surface area contributed by atoms with Crippen molar-refractivity contribution in [2.24, 2.45) is 0 Å². The predicted molar refractivity (Wildman–Crippen MR) is 79.3 cm³/mol. The van der Waals surface area contributed by atoms with E-state index in [4.69, 9.17) is 0 Å². The Morgan fingerprint density at radius 3 is 3.05 bits per heavy atom. The Morgan fingerprint density at radius 1 is 1.05 bits per heavy atom. The van der Waals surface area contributed by atoms with Crippen molar-refractivity contribution in [1.29, 1.82) is 0 Å². The lowest BCUT2D eigenvalue weighted by molar-refractivity contribution is 1.05. The van der Waals surface area contributed by atoms with E-state index in [1.165, 1.54) is 16.7 Å². The molecule has 0 saturated carbocycles. The van der Waals surface area contributed by atoms with Crippen LogP contribution < -0.4 is 0 Å². The van der Waals surface area contributed by atoms with E-state index in [2.05, 4.69) is 45.3 Å². The molecule has 0 bridgehead atoms. The molecule has 0 atom stereocenters. The largest absolute Gasteiger partial charge is 0.240 e. The molecule has 2 heterocycles. The van der Waals surface area contributed by atoms with Gasteiger partial charge in [0.15, 0.2) is 5.65 Å². The topological polar surface area (TPSA) is 38.7 Å². The van der Waals surface area contributed by atoms with Crippen LogP contribution in [0.4, 0.5) is 0 Å². The van der Waals surface area contributed by atoms with Crippen LogP contribution in [0.5, 0.6) is 0 Å². The summed E-state index contributed by atoms with van der Waals surface area (Å²) in [6.07, 6.45) is 9.62. The number of nitrogens with zero attached hydrogens (tertiary/aromatic N) is 3. The van der Waals surface area contributed by atoms with Crippen molar-refractivity contribution in [3.05, 3.63) is 71.3 Å². The first kappa shape index (κ1) is 11.3. The zero-order valence-corrected chi connectivity index (χ0v) is 11.0. The Balaban J connectivity index is 1.76. The first-order chi connectivity index (χ1) is 9.90. The smallest absolute Gasteiger partial charge is 0.162 e. The number of hydrogen-bond acceptors (Lipinski definition) is 3. The lowest BCUT2D eigenvalue weighted by atomic mass is 10.0. The zero-order valence-electron chi connectivity index (χ0n) is 11.0. The highest BCUT2D eigenvalue weighted by Gasteiger charge is 2.08. The van der Waals surface area contributed by atoms with Gasteiger partial charge in [-0.05, 0) is 35.2 Å². The monoisotopic (exact) mass is 259 g/mol. The van der Waals surface area contributed by atoms with E-state index in [0.29, 0.717) is 0 Å². The molecule has 0 saturated heterocycles. The molecule has 3 heteroatoms. The fraction of sp³-hybridized carbons (Fsp3) is 0.118. The molecule has 2 aromatic heterocycles. The van der Waals surface area contributed by atoms with Crippen molar-refractivity contribution in [2.45, 2.75) is 12.8 Å². The Morgan fingerprint density at radius 2 is 2.05 bits per heavy atom. The fourth-order valence-corrected chi connectivity index (χ4v) is 2.69. The molecule has 0 spiro atoms. The number of fused-ring (bicyclic) bond motifs is 2. The van der Waals surface area contributed by atoms with E-state index in [0.717, 1.165) is 29.6 Å². The first-order valence-electron chi connectivity index (χ1n) is 6.73. The normalized spacial score (nSPS) is 12.8. The molecular formula is C17H13N3. The second kappa shape index (κ2) is 4.53. The predicted octanol–water partition coefficient (Wildman–Crippen LogP) is 3.18. The molecule has 0 amide bonds. The lowest BCUT2D eigenvalue weighted by Crippen LogP contribution is -1.97. The zero-order chi connectivity index (χ0) is 13.4. The Bertz CT molecular complexity index is 816. The van der Waals surface area contributed by atoms with Crippen LogP contribution in [0.25, 0.3) is 17.1 Å². The summed E-state index contributed by atoms with van der Waals surface area (Å²) in [5.74, 6) is 0. The van der Waals surface area contributed by atoms with Gasteiger partial charge in [0.05, 0.1) is 5.69 Å². The van der Waals surface area contributed by atoms with Crippen LogP contribution in [0.1, 0.15) is 22.4 Å². The van der Waals surface area contributed by atoms with Gasteiger partial charge in [0.1, 0.15) is 6.33 Å². The minimum Gasteiger partial charge on any atom is -0.240 e. The van der Waals surface area contributed by atoms with Crippen molar-refractivity contribution in [2.75, 3.05) is 0 Å².